The van der Waals surface area contributed by atoms with Crippen molar-refractivity contribution in [3.8, 4) is 0 Å². The van der Waals surface area contributed by atoms with Crippen molar-refractivity contribution in [3.05, 3.63) is 71.8 Å². The van der Waals surface area contributed by atoms with Crippen molar-refractivity contribution in [1.82, 2.24) is 14.5 Å². The van der Waals surface area contributed by atoms with Gasteiger partial charge in [-0.1, -0.05) is 22.9 Å². The van der Waals surface area contributed by atoms with Crippen molar-refractivity contribution in [2.24, 2.45) is 0 Å². The lowest BCUT2D eigenvalue weighted by atomic mass is 10.3. The van der Waals surface area contributed by atoms with Gasteiger partial charge in [0.05, 0.1) is 11.0 Å². The fraction of sp³-hybridized carbons (Fsp3) is 0.227. The summed E-state index contributed by atoms with van der Waals surface area (Å²) in [7, 11) is 0. The van der Waals surface area contributed by atoms with Gasteiger partial charge in [-0.15, -0.1) is 11.8 Å². The third kappa shape index (κ3) is 5.65. The van der Waals surface area contributed by atoms with Gasteiger partial charge in [0.1, 0.15) is 11.3 Å². The quantitative estimate of drug-likeness (QED) is 0.268. The number of aromatic nitrogens is 3. The van der Waals surface area contributed by atoms with E-state index in [0.717, 1.165) is 22.3 Å². The molecule has 2 aromatic carbocycles. The van der Waals surface area contributed by atoms with Crippen molar-refractivity contribution in [1.29, 1.82) is 0 Å². The number of hydrogen-bond donors (Lipinski definition) is 0. The maximum atomic E-state index is 14.2. The Hall–Kier alpha value is -2.49. The van der Waals surface area contributed by atoms with E-state index < -0.39 is 11.6 Å². The number of fused-ring (bicyclic) bond motifs is 1. The van der Waals surface area contributed by atoms with Gasteiger partial charge in [0.25, 0.3) is 0 Å². The molecule has 4 rings (SSSR count). The second-order valence-electron chi connectivity index (χ2n) is 6.98. The summed E-state index contributed by atoms with van der Waals surface area (Å²) < 4.78 is 30.1. The fourth-order valence-corrected chi connectivity index (χ4v) is 5.16. The molecule has 0 fully saturated rings. The second-order valence-corrected chi connectivity index (χ2v) is 9.60. The molecule has 0 aliphatic heterocycles. The molecule has 0 spiro atoms. The number of hydrogen-bond acceptors (Lipinski definition) is 5. The number of amides is 1. The van der Waals surface area contributed by atoms with Crippen LogP contribution in [0.4, 0.5) is 13.9 Å². The first-order valence-corrected chi connectivity index (χ1v) is 12.1. The van der Waals surface area contributed by atoms with Crippen LogP contribution in [0.3, 0.4) is 0 Å². The third-order valence-electron chi connectivity index (χ3n) is 4.69. The molecule has 32 heavy (non-hydrogen) atoms. The molecule has 5 nitrogen and oxygen atoms in total. The SMILES string of the molecule is O=C(CCSc1ccc(Cl)cc1)N(CCCn1ccnc1)c1nc2c(F)cc(F)cc2s1. The largest absolute Gasteiger partial charge is 0.337 e. The van der Waals surface area contributed by atoms with E-state index >= 15 is 0 Å². The zero-order chi connectivity index (χ0) is 22.5. The molecule has 166 valence electrons. The lowest BCUT2D eigenvalue weighted by Crippen LogP contribution is -2.32. The van der Waals surface area contributed by atoms with E-state index in [2.05, 4.69) is 9.97 Å². The van der Waals surface area contributed by atoms with Crippen LogP contribution in [0.25, 0.3) is 10.2 Å². The van der Waals surface area contributed by atoms with E-state index in [1.54, 1.807) is 29.2 Å². The Kier molecular flexibility index (Phi) is 7.39. The van der Waals surface area contributed by atoms with Crippen LogP contribution in [0.1, 0.15) is 12.8 Å². The smallest absolute Gasteiger partial charge is 0.229 e. The van der Waals surface area contributed by atoms with Crippen LogP contribution < -0.4 is 4.90 Å². The van der Waals surface area contributed by atoms with Gasteiger partial charge < -0.3 is 4.57 Å². The molecule has 2 aromatic heterocycles. The Morgan fingerprint density at radius 2 is 2.03 bits per heavy atom. The van der Waals surface area contributed by atoms with E-state index in [-0.39, 0.29) is 17.8 Å². The molecule has 0 unspecified atom stereocenters. The van der Waals surface area contributed by atoms with E-state index in [4.69, 9.17) is 11.6 Å². The molecular weight excluding hydrogens is 474 g/mol. The summed E-state index contributed by atoms with van der Waals surface area (Å²) in [5.74, 6) is -0.932. The summed E-state index contributed by atoms with van der Waals surface area (Å²) in [6.07, 6.45) is 6.21. The summed E-state index contributed by atoms with van der Waals surface area (Å²) in [5.41, 5.74) is 0.0781. The van der Waals surface area contributed by atoms with E-state index in [0.29, 0.717) is 40.1 Å². The highest BCUT2D eigenvalue weighted by molar-refractivity contribution is 7.99. The van der Waals surface area contributed by atoms with Gasteiger partial charge in [-0.25, -0.2) is 18.7 Å². The minimum absolute atomic E-state index is 0.0781. The molecule has 0 saturated carbocycles. The molecule has 0 radical (unpaired) electrons. The molecule has 0 atom stereocenters. The molecule has 0 aliphatic carbocycles. The highest BCUT2D eigenvalue weighted by atomic mass is 35.5. The van der Waals surface area contributed by atoms with Gasteiger partial charge in [-0.3, -0.25) is 9.69 Å². The van der Waals surface area contributed by atoms with Crippen LogP contribution in [0.2, 0.25) is 5.02 Å². The standard InChI is InChI=1S/C22H19ClF2N4OS2/c23-15-2-4-17(5-3-15)31-11-6-20(30)29(9-1-8-28-10-7-26-14-28)22-27-21-18(25)12-16(24)13-19(21)32-22/h2-5,7,10,12-14H,1,6,8-9,11H2. The maximum Gasteiger partial charge on any atom is 0.229 e. The fourth-order valence-electron chi connectivity index (χ4n) is 3.14. The molecule has 10 heteroatoms. The minimum atomic E-state index is -0.730. The van der Waals surface area contributed by atoms with Crippen molar-refractivity contribution in [2.75, 3.05) is 17.2 Å². The molecule has 2 heterocycles. The predicted molar refractivity (Wildman–Crippen MR) is 126 cm³/mol. The number of rotatable bonds is 9. The molecule has 0 N–H and O–H groups in total. The molecule has 4 aromatic rings. The third-order valence-corrected chi connectivity index (χ3v) is 6.98. The molecule has 1 amide bonds. The second kappa shape index (κ2) is 10.4. The van der Waals surface area contributed by atoms with Gasteiger partial charge in [0.2, 0.25) is 5.91 Å². The first kappa shape index (κ1) is 22.7. The van der Waals surface area contributed by atoms with Crippen LogP contribution in [0.15, 0.2) is 60.0 Å². The molecular formula is C22H19ClF2N4OS2. The zero-order valence-corrected chi connectivity index (χ0v) is 19.3. The van der Waals surface area contributed by atoms with Crippen LogP contribution in [0.5, 0.6) is 0 Å². The first-order chi connectivity index (χ1) is 15.5. The number of imidazole rings is 1. The van der Waals surface area contributed by atoms with E-state index in [9.17, 15) is 13.6 Å². The Bertz CT molecular complexity index is 1200. The van der Waals surface area contributed by atoms with Gasteiger partial charge in [-0.05, 0) is 36.8 Å². The summed E-state index contributed by atoms with van der Waals surface area (Å²) in [6.45, 7) is 1.09. The van der Waals surface area contributed by atoms with Gasteiger partial charge in [0.15, 0.2) is 10.9 Å². The number of benzene rings is 2. The lowest BCUT2D eigenvalue weighted by molar-refractivity contribution is -0.118. The highest BCUT2D eigenvalue weighted by Gasteiger charge is 2.21. The van der Waals surface area contributed by atoms with Crippen molar-refractivity contribution in [2.45, 2.75) is 24.3 Å². The Balaban J connectivity index is 1.48. The van der Waals surface area contributed by atoms with Crippen LogP contribution in [0, 0.1) is 11.6 Å². The average Bonchev–Trinajstić information content (AvgIpc) is 3.42. The number of thioether (sulfide) groups is 1. The van der Waals surface area contributed by atoms with Crippen LogP contribution in [-0.2, 0) is 11.3 Å². The topological polar surface area (TPSA) is 51.0 Å². The van der Waals surface area contributed by atoms with Crippen molar-refractivity contribution in [3.63, 3.8) is 0 Å². The van der Waals surface area contributed by atoms with E-state index in [1.165, 1.54) is 6.07 Å². The summed E-state index contributed by atoms with van der Waals surface area (Å²) in [4.78, 5) is 24.0. The lowest BCUT2D eigenvalue weighted by Gasteiger charge is -2.20. The zero-order valence-electron chi connectivity index (χ0n) is 16.9. The minimum Gasteiger partial charge on any atom is -0.337 e. The maximum absolute atomic E-state index is 14.2. The number of nitrogens with zero attached hydrogens (tertiary/aromatic N) is 4. The number of carbonyl (C=O) groups is 1. The summed E-state index contributed by atoms with van der Waals surface area (Å²) in [6, 6.07) is 9.48. The number of halogens is 3. The van der Waals surface area contributed by atoms with Crippen LogP contribution >= 0.6 is 34.7 Å². The Morgan fingerprint density at radius 1 is 1.22 bits per heavy atom. The summed E-state index contributed by atoms with van der Waals surface area (Å²) in [5, 5.41) is 1.03. The molecule has 0 saturated heterocycles. The number of anilines is 1. The Labute approximate surface area is 197 Å². The molecule has 0 aliphatic rings. The first-order valence-electron chi connectivity index (χ1n) is 9.89. The Morgan fingerprint density at radius 3 is 2.78 bits per heavy atom. The number of aryl methyl sites for hydroxylation is 1. The van der Waals surface area contributed by atoms with E-state index in [1.807, 2.05) is 35.0 Å². The monoisotopic (exact) mass is 492 g/mol. The van der Waals surface area contributed by atoms with Gasteiger partial charge in [-0.2, -0.15) is 0 Å². The van der Waals surface area contributed by atoms with Crippen LogP contribution in [-0.4, -0.2) is 32.7 Å². The van der Waals surface area contributed by atoms with Gasteiger partial charge in [0, 0.05) is 53.6 Å². The normalized spacial score (nSPS) is 11.2. The predicted octanol–water partition coefficient (Wildman–Crippen LogP) is 6.03. The van der Waals surface area contributed by atoms with Crippen molar-refractivity contribution >= 4 is 56.0 Å². The average molecular weight is 493 g/mol. The highest BCUT2D eigenvalue weighted by Crippen LogP contribution is 2.32. The molecule has 0 bridgehead atoms. The number of thiazole rings is 1. The number of carbonyl (C=O) groups excluding carboxylic acids is 1. The summed E-state index contributed by atoms with van der Waals surface area (Å²) >= 11 is 8.58. The van der Waals surface area contributed by atoms with Gasteiger partial charge >= 0.3 is 0 Å². The van der Waals surface area contributed by atoms with Crippen molar-refractivity contribution < 1.29 is 13.6 Å².